The van der Waals surface area contributed by atoms with Crippen molar-refractivity contribution in [3.05, 3.63) is 127 Å². The smallest absolute Gasteiger partial charge is 0.577 e. The van der Waals surface area contributed by atoms with E-state index in [2.05, 4.69) is 82.9 Å². The molecule has 1 aliphatic heterocycles. The van der Waals surface area contributed by atoms with Crippen LogP contribution in [-0.4, -0.2) is 15.1 Å². The minimum atomic E-state index is -2.75. The monoisotopic (exact) mass is 512 g/mol. The van der Waals surface area contributed by atoms with Crippen LogP contribution in [0.15, 0.2) is 121 Å². The lowest BCUT2D eigenvalue weighted by Gasteiger charge is -2.18. The van der Waals surface area contributed by atoms with E-state index in [1.54, 1.807) is 0 Å². The summed E-state index contributed by atoms with van der Waals surface area (Å²) in [6.45, 7) is 2.76. The van der Waals surface area contributed by atoms with E-state index in [0.29, 0.717) is 6.67 Å². The number of nitrogens with zero attached hydrogens (tertiary/aromatic N) is 2. The van der Waals surface area contributed by atoms with Crippen molar-refractivity contribution < 1.29 is 20.5 Å². The van der Waals surface area contributed by atoms with E-state index in [-0.39, 0.29) is 0 Å². The number of pyridine rings is 2. The van der Waals surface area contributed by atoms with Crippen molar-refractivity contribution in [2.75, 3.05) is 0 Å². The molecule has 3 heterocycles. The number of para-hydroxylation sites is 2. The van der Waals surface area contributed by atoms with Gasteiger partial charge in [0.1, 0.15) is 0 Å². The van der Waals surface area contributed by atoms with Crippen LogP contribution < -0.4 is 20.5 Å². The average molecular weight is 513 g/mol. The van der Waals surface area contributed by atoms with Gasteiger partial charge in [-0.25, -0.2) is 0 Å². The molecule has 2 aromatic heterocycles. The highest BCUT2D eigenvalue weighted by atomic mass is 27.3. The van der Waals surface area contributed by atoms with Crippen LogP contribution in [0.4, 0.5) is 0 Å². The van der Waals surface area contributed by atoms with Crippen molar-refractivity contribution in [2.45, 2.75) is 13.6 Å². The number of hydrogen-bond donors (Lipinski definition) is 0. The average Bonchev–Trinajstić information content (AvgIpc) is 2.95. The van der Waals surface area contributed by atoms with Crippen molar-refractivity contribution in [1.29, 1.82) is 0 Å². The van der Waals surface area contributed by atoms with Gasteiger partial charge in [0.05, 0.1) is 16.5 Å². The van der Waals surface area contributed by atoms with Gasteiger partial charge in [-0.15, -0.1) is 9.13 Å². The van der Waals surface area contributed by atoms with Gasteiger partial charge in [0.2, 0.25) is 0 Å². The van der Waals surface area contributed by atoms with Gasteiger partial charge in [-0.3, -0.25) is 0 Å². The fourth-order valence-corrected chi connectivity index (χ4v) is 6.45. The first-order valence-corrected chi connectivity index (χ1v) is 14.1. The van der Waals surface area contributed by atoms with E-state index < -0.39 is 15.1 Å². The van der Waals surface area contributed by atoms with Gasteiger partial charge in [0, 0.05) is 19.1 Å². The molecular formula is C32H25AlN2O3+2. The number of hydrogen-bond acceptors (Lipinski definition) is 3. The molecule has 0 spiro atoms. The third-order valence-electron chi connectivity index (χ3n) is 7.02. The molecule has 0 fully saturated rings. The third-order valence-corrected chi connectivity index (χ3v) is 8.38. The van der Waals surface area contributed by atoms with Crippen molar-refractivity contribution in [3.63, 3.8) is 0 Å². The summed E-state index contributed by atoms with van der Waals surface area (Å²) < 4.78 is 24.2. The summed E-state index contributed by atoms with van der Waals surface area (Å²) in [6, 6.07) is 39.2. The molecule has 182 valence electrons. The van der Waals surface area contributed by atoms with E-state index in [9.17, 15) is 0 Å². The van der Waals surface area contributed by atoms with Crippen molar-refractivity contribution in [3.8, 4) is 28.4 Å². The Bertz CT molecular complexity index is 1780. The molecule has 0 saturated heterocycles. The number of rotatable bonds is 3. The standard InChI is InChI=1S/C20H16N2O2.C12H10O.Al/c1-14-10-11-16-6-3-9-18(24)20(16)22(14)13-21-12-4-7-15-5-2-8-17(23)19(15)21;13-12-8-6-11(7-9-12)10-4-2-1-3-5-10;/h2-12H,13H2,1H3;1-9,13H;/q;;+3/p-1. The van der Waals surface area contributed by atoms with Crippen LogP contribution in [0.1, 0.15) is 5.69 Å². The normalized spacial score (nSPS) is 12.6. The van der Waals surface area contributed by atoms with E-state index in [4.69, 9.17) is 11.4 Å². The van der Waals surface area contributed by atoms with Crippen LogP contribution in [0.5, 0.6) is 17.2 Å². The Labute approximate surface area is 226 Å². The number of aryl methyl sites for hydroxylation is 1. The third kappa shape index (κ3) is 4.14. The Balaban J connectivity index is 1.35. The van der Waals surface area contributed by atoms with E-state index in [1.165, 1.54) is 5.56 Å². The maximum atomic E-state index is 6.63. The van der Waals surface area contributed by atoms with Crippen LogP contribution in [0, 0.1) is 6.92 Å². The minimum absolute atomic E-state index is 0.634. The molecule has 0 aliphatic carbocycles. The van der Waals surface area contributed by atoms with Crippen LogP contribution in [-0.2, 0) is 6.67 Å². The molecule has 0 saturated carbocycles. The number of benzene rings is 4. The summed E-state index contributed by atoms with van der Waals surface area (Å²) in [6.07, 6.45) is 2.10. The predicted molar refractivity (Wildman–Crippen MR) is 148 cm³/mol. The Hall–Kier alpha value is -4.37. The molecule has 0 unspecified atom stereocenters. The molecule has 0 atom stereocenters. The zero-order valence-corrected chi connectivity index (χ0v) is 22.1. The lowest BCUT2D eigenvalue weighted by atomic mass is 10.1. The van der Waals surface area contributed by atoms with Crippen molar-refractivity contribution in [2.24, 2.45) is 0 Å². The van der Waals surface area contributed by atoms with Crippen LogP contribution >= 0.6 is 0 Å². The highest BCUT2D eigenvalue weighted by Crippen LogP contribution is 2.29. The molecule has 7 rings (SSSR count). The highest BCUT2D eigenvalue weighted by molar-refractivity contribution is 6.40. The lowest BCUT2D eigenvalue weighted by molar-refractivity contribution is -0.892. The maximum absolute atomic E-state index is 6.63. The van der Waals surface area contributed by atoms with Crippen LogP contribution in [0.3, 0.4) is 0 Å². The molecule has 6 aromatic rings. The quantitative estimate of drug-likeness (QED) is 0.219. The van der Waals surface area contributed by atoms with Crippen LogP contribution in [0.25, 0.3) is 32.9 Å². The first kappa shape index (κ1) is 22.8. The van der Waals surface area contributed by atoms with Gasteiger partial charge in [-0.2, -0.15) is 0 Å². The molecule has 1 aliphatic rings. The molecule has 38 heavy (non-hydrogen) atoms. The Morgan fingerprint density at radius 1 is 0.632 bits per heavy atom. The summed E-state index contributed by atoms with van der Waals surface area (Å²) in [7, 11) is 0. The molecule has 0 radical (unpaired) electrons. The maximum Gasteiger partial charge on any atom is 1.20 e. The molecule has 0 N–H and O–H groups in total. The second kappa shape index (κ2) is 9.50. The molecule has 6 heteroatoms. The zero-order valence-electron chi connectivity index (χ0n) is 21.0. The SMILES string of the molecule is Cc1ccc2cccc3c2[n+]1C[n+]1cccc2cccc(c21)[O][Al]([O]c1ccc(-c2ccccc2)cc1)[O]3. The van der Waals surface area contributed by atoms with Crippen LogP contribution in [0.2, 0.25) is 0 Å². The second-order valence-corrected chi connectivity index (χ2v) is 10.7. The molecule has 4 aromatic carbocycles. The predicted octanol–water partition coefficient (Wildman–Crippen LogP) is 5.88. The van der Waals surface area contributed by atoms with Crippen molar-refractivity contribution >= 4 is 37.0 Å². The van der Waals surface area contributed by atoms with Gasteiger partial charge in [-0.05, 0) is 59.7 Å². The Kier molecular flexibility index (Phi) is 5.70. The van der Waals surface area contributed by atoms with E-state index in [1.807, 2.05) is 54.6 Å². The van der Waals surface area contributed by atoms with Gasteiger partial charge in [-0.1, -0.05) is 54.6 Å². The fraction of sp³-hybridized carbons (Fsp3) is 0.0625. The molecule has 0 bridgehead atoms. The summed E-state index contributed by atoms with van der Waals surface area (Å²) in [5, 5.41) is 2.21. The van der Waals surface area contributed by atoms with E-state index >= 15 is 0 Å². The number of aromatic nitrogens is 2. The van der Waals surface area contributed by atoms with Crippen molar-refractivity contribution in [1.82, 2.24) is 0 Å². The van der Waals surface area contributed by atoms with Gasteiger partial charge >= 0.3 is 21.8 Å². The summed E-state index contributed by atoms with van der Waals surface area (Å²) >= 11 is -2.75. The Morgan fingerprint density at radius 3 is 2.05 bits per heavy atom. The first-order chi connectivity index (χ1) is 18.7. The minimum Gasteiger partial charge on any atom is -0.577 e. The van der Waals surface area contributed by atoms with Gasteiger partial charge in [0.15, 0.2) is 23.4 Å². The second-order valence-electron chi connectivity index (χ2n) is 9.44. The highest BCUT2D eigenvalue weighted by Gasteiger charge is 2.47. The molecule has 5 nitrogen and oxygen atoms in total. The van der Waals surface area contributed by atoms with Gasteiger partial charge < -0.3 is 11.4 Å². The first-order valence-electron chi connectivity index (χ1n) is 12.7. The fourth-order valence-electron chi connectivity index (χ4n) is 5.14. The Morgan fingerprint density at radius 2 is 1.29 bits per heavy atom. The topological polar surface area (TPSA) is 35.5 Å². The largest absolute Gasteiger partial charge is 1.20 e. The van der Waals surface area contributed by atoms with Gasteiger partial charge in [0.25, 0.3) is 11.0 Å². The lowest BCUT2D eigenvalue weighted by Crippen LogP contribution is -2.54. The van der Waals surface area contributed by atoms with E-state index in [0.717, 1.165) is 50.3 Å². The summed E-state index contributed by atoms with van der Waals surface area (Å²) in [5.41, 5.74) is 5.49. The summed E-state index contributed by atoms with van der Waals surface area (Å²) in [4.78, 5) is 0. The molecular weight excluding hydrogens is 487 g/mol. The molecule has 0 amide bonds. The summed E-state index contributed by atoms with van der Waals surface area (Å²) in [5.74, 6) is 2.23. The zero-order chi connectivity index (χ0) is 25.5.